The second-order valence-electron chi connectivity index (χ2n) is 6.14. The quantitative estimate of drug-likeness (QED) is 0.406. The lowest BCUT2D eigenvalue weighted by Gasteiger charge is -2.07. The summed E-state index contributed by atoms with van der Waals surface area (Å²) >= 11 is 13.1. The molecule has 4 rings (SSSR count). The number of H-pyrrole nitrogens is 1. The lowest BCUT2D eigenvalue weighted by Crippen LogP contribution is -2.33. The van der Waals surface area contributed by atoms with Crippen molar-refractivity contribution in [2.45, 2.75) is 0 Å². The minimum Gasteiger partial charge on any atom is -0.360 e. The largest absolute Gasteiger partial charge is 0.360 e. The van der Waals surface area contributed by atoms with Gasteiger partial charge in [0.2, 0.25) is 5.91 Å². The van der Waals surface area contributed by atoms with Crippen molar-refractivity contribution >= 4 is 62.4 Å². The van der Waals surface area contributed by atoms with Gasteiger partial charge in [0, 0.05) is 33.1 Å². The zero-order chi connectivity index (χ0) is 20.4. The number of halogens is 2. The van der Waals surface area contributed by atoms with E-state index in [4.69, 9.17) is 23.2 Å². The summed E-state index contributed by atoms with van der Waals surface area (Å²) in [5.41, 5.74) is 2.99. The molecule has 0 radical (unpaired) electrons. The van der Waals surface area contributed by atoms with E-state index in [1.54, 1.807) is 6.07 Å². The molecule has 146 valence electrons. The Balaban J connectivity index is 1.39. The van der Waals surface area contributed by atoms with Gasteiger partial charge in [0.05, 0.1) is 22.8 Å². The molecule has 2 aromatic carbocycles. The second kappa shape index (κ2) is 8.24. The van der Waals surface area contributed by atoms with Gasteiger partial charge < -0.3 is 15.6 Å². The summed E-state index contributed by atoms with van der Waals surface area (Å²) in [5.74, 6) is -0.844. The molecule has 0 unspecified atom stereocenters. The van der Waals surface area contributed by atoms with Gasteiger partial charge in [-0.15, -0.1) is 11.3 Å². The average molecular weight is 445 g/mol. The predicted octanol–water partition coefficient (Wildman–Crippen LogP) is 4.97. The number of nitrogens with one attached hydrogen (secondary N) is 3. The first kappa shape index (κ1) is 19.4. The van der Waals surface area contributed by atoms with Gasteiger partial charge in [-0.05, 0) is 24.3 Å². The number of thiazole rings is 1. The normalized spacial score (nSPS) is 10.8. The Labute approximate surface area is 179 Å². The van der Waals surface area contributed by atoms with Crippen molar-refractivity contribution in [3.8, 4) is 11.3 Å². The number of para-hydroxylation sites is 1. The lowest BCUT2D eigenvalue weighted by molar-refractivity contribution is -0.115. The Hall–Kier alpha value is -2.87. The molecule has 0 aliphatic rings. The zero-order valence-electron chi connectivity index (χ0n) is 14.8. The number of amides is 2. The maximum Gasteiger partial charge on any atom is 0.253 e. The topological polar surface area (TPSA) is 86.9 Å². The molecule has 6 nitrogen and oxygen atoms in total. The van der Waals surface area contributed by atoms with E-state index in [0.29, 0.717) is 10.2 Å². The van der Waals surface area contributed by atoms with Crippen molar-refractivity contribution in [3.05, 3.63) is 69.7 Å². The van der Waals surface area contributed by atoms with Crippen LogP contribution in [0.5, 0.6) is 0 Å². The SMILES string of the molecule is O=C(CNC(=O)c1ccc(Cl)cc1Cl)Nc1nc(-c2c[nH]c3ccccc23)cs1. The van der Waals surface area contributed by atoms with Crippen LogP contribution in [0.4, 0.5) is 5.13 Å². The second-order valence-corrected chi connectivity index (χ2v) is 7.84. The third kappa shape index (κ3) is 4.27. The lowest BCUT2D eigenvalue weighted by atomic mass is 10.1. The molecule has 2 heterocycles. The Morgan fingerprint density at radius 3 is 2.79 bits per heavy atom. The standard InChI is InChI=1S/C20H14Cl2N4O2S/c21-11-5-6-13(15(22)7-11)19(28)24-9-18(27)26-20-25-17(10-29-20)14-8-23-16-4-2-1-3-12(14)16/h1-8,10,23H,9H2,(H,24,28)(H,25,26,27). The number of benzene rings is 2. The van der Waals surface area contributed by atoms with E-state index in [9.17, 15) is 9.59 Å². The first-order chi connectivity index (χ1) is 14.0. The Kier molecular flexibility index (Phi) is 5.53. The van der Waals surface area contributed by atoms with Crippen LogP contribution in [0.15, 0.2) is 54.0 Å². The van der Waals surface area contributed by atoms with Crippen LogP contribution in [0.3, 0.4) is 0 Å². The molecule has 0 saturated carbocycles. The fourth-order valence-electron chi connectivity index (χ4n) is 2.83. The molecule has 0 aliphatic carbocycles. The van der Waals surface area contributed by atoms with Crippen LogP contribution in [-0.4, -0.2) is 28.3 Å². The van der Waals surface area contributed by atoms with Crippen LogP contribution in [0.1, 0.15) is 10.4 Å². The van der Waals surface area contributed by atoms with Crippen molar-refractivity contribution < 1.29 is 9.59 Å². The summed E-state index contributed by atoms with van der Waals surface area (Å²) in [6.45, 7) is -0.209. The Morgan fingerprint density at radius 2 is 1.97 bits per heavy atom. The highest BCUT2D eigenvalue weighted by Gasteiger charge is 2.14. The van der Waals surface area contributed by atoms with Gasteiger partial charge in [-0.25, -0.2) is 4.98 Å². The summed E-state index contributed by atoms with van der Waals surface area (Å²) < 4.78 is 0. The van der Waals surface area contributed by atoms with Gasteiger partial charge in [-0.1, -0.05) is 41.4 Å². The van der Waals surface area contributed by atoms with Gasteiger partial charge in [-0.2, -0.15) is 0 Å². The third-order valence-corrected chi connectivity index (χ3v) is 5.51. The number of aromatic nitrogens is 2. The van der Waals surface area contributed by atoms with Gasteiger partial charge in [0.15, 0.2) is 5.13 Å². The molecule has 0 aliphatic heterocycles. The molecule has 3 N–H and O–H groups in total. The van der Waals surface area contributed by atoms with Crippen LogP contribution in [0.2, 0.25) is 10.0 Å². The molecule has 2 amide bonds. The van der Waals surface area contributed by atoms with Gasteiger partial charge in [-0.3, -0.25) is 9.59 Å². The van der Waals surface area contributed by atoms with E-state index in [2.05, 4.69) is 20.6 Å². The molecule has 29 heavy (non-hydrogen) atoms. The Bertz CT molecular complexity index is 1220. The summed E-state index contributed by atoms with van der Waals surface area (Å²) in [6, 6.07) is 12.5. The molecule has 0 bridgehead atoms. The molecule has 0 spiro atoms. The highest BCUT2D eigenvalue weighted by molar-refractivity contribution is 7.14. The monoisotopic (exact) mass is 444 g/mol. The van der Waals surface area contributed by atoms with E-state index in [1.165, 1.54) is 23.5 Å². The molecule has 4 aromatic rings. The number of fused-ring (bicyclic) bond motifs is 1. The van der Waals surface area contributed by atoms with E-state index >= 15 is 0 Å². The number of hydrogen-bond acceptors (Lipinski definition) is 4. The number of carbonyl (C=O) groups excluding carboxylic acids is 2. The average Bonchev–Trinajstić information content (AvgIpc) is 3.32. The summed E-state index contributed by atoms with van der Waals surface area (Å²) in [6.07, 6.45) is 1.89. The van der Waals surface area contributed by atoms with Crippen molar-refractivity contribution in [2.24, 2.45) is 0 Å². The van der Waals surface area contributed by atoms with E-state index in [0.717, 1.165) is 22.2 Å². The smallest absolute Gasteiger partial charge is 0.253 e. The number of aromatic amines is 1. The van der Waals surface area contributed by atoms with Crippen LogP contribution in [0.25, 0.3) is 22.2 Å². The molecule has 0 atom stereocenters. The van der Waals surface area contributed by atoms with Crippen LogP contribution >= 0.6 is 34.5 Å². The number of carbonyl (C=O) groups is 2. The highest BCUT2D eigenvalue weighted by Crippen LogP contribution is 2.30. The summed E-state index contributed by atoms with van der Waals surface area (Å²) in [5, 5.41) is 9.26. The fourth-order valence-corrected chi connectivity index (χ4v) is 4.05. The van der Waals surface area contributed by atoms with Crippen LogP contribution in [-0.2, 0) is 4.79 Å². The minimum atomic E-state index is -0.458. The molecule has 0 saturated heterocycles. The Morgan fingerprint density at radius 1 is 1.14 bits per heavy atom. The summed E-state index contributed by atoms with van der Waals surface area (Å²) in [4.78, 5) is 32.0. The van der Waals surface area contributed by atoms with E-state index in [-0.39, 0.29) is 23.0 Å². The fraction of sp³-hybridized carbons (Fsp3) is 0.0500. The van der Waals surface area contributed by atoms with Gasteiger partial charge in [0.25, 0.3) is 5.91 Å². The molecule has 2 aromatic heterocycles. The number of nitrogens with zero attached hydrogens (tertiary/aromatic N) is 1. The van der Waals surface area contributed by atoms with E-state index < -0.39 is 5.91 Å². The molecular formula is C20H14Cl2N4O2S. The van der Waals surface area contributed by atoms with Crippen molar-refractivity contribution in [1.82, 2.24) is 15.3 Å². The molecule has 0 fully saturated rings. The van der Waals surface area contributed by atoms with E-state index in [1.807, 2.05) is 35.8 Å². The number of anilines is 1. The number of rotatable bonds is 5. The highest BCUT2D eigenvalue weighted by atomic mass is 35.5. The molecule has 9 heteroatoms. The van der Waals surface area contributed by atoms with Gasteiger partial charge >= 0.3 is 0 Å². The molecular weight excluding hydrogens is 431 g/mol. The minimum absolute atomic E-state index is 0.209. The predicted molar refractivity (Wildman–Crippen MR) is 117 cm³/mol. The van der Waals surface area contributed by atoms with Crippen LogP contribution in [0, 0.1) is 0 Å². The van der Waals surface area contributed by atoms with Crippen molar-refractivity contribution in [3.63, 3.8) is 0 Å². The first-order valence-electron chi connectivity index (χ1n) is 8.56. The van der Waals surface area contributed by atoms with Gasteiger partial charge in [0.1, 0.15) is 0 Å². The third-order valence-electron chi connectivity index (χ3n) is 4.20. The number of hydrogen-bond donors (Lipinski definition) is 3. The zero-order valence-corrected chi connectivity index (χ0v) is 17.2. The van der Waals surface area contributed by atoms with Crippen LogP contribution < -0.4 is 10.6 Å². The maximum absolute atomic E-state index is 12.2. The van der Waals surface area contributed by atoms with Crippen molar-refractivity contribution in [2.75, 3.05) is 11.9 Å². The maximum atomic E-state index is 12.2. The first-order valence-corrected chi connectivity index (χ1v) is 10.2. The summed E-state index contributed by atoms with van der Waals surface area (Å²) in [7, 11) is 0. The van der Waals surface area contributed by atoms with Crippen molar-refractivity contribution in [1.29, 1.82) is 0 Å².